The maximum Gasteiger partial charge on any atom is 0 e. The Balaban J connectivity index is 0. The van der Waals surface area contributed by atoms with Crippen LogP contribution in [0.3, 0.4) is 0 Å². The van der Waals surface area contributed by atoms with Gasteiger partial charge in [0, 0.05) is 19.5 Å². The molecule has 0 aliphatic carbocycles. The fourth-order valence-electron chi connectivity index (χ4n) is 0.854. The third-order valence-electron chi connectivity index (χ3n) is 1.46. The predicted molar refractivity (Wildman–Crippen MR) is 39.0 cm³/mol. The third kappa shape index (κ3) is 12.0. The molecule has 0 aromatic carbocycles. The van der Waals surface area contributed by atoms with Crippen LogP contribution in [0.2, 0.25) is 0 Å². The zero-order valence-electron chi connectivity index (χ0n) is 6.95. The molecule has 0 amide bonds. The van der Waals surface area contributed by atoms with Crippen LogP contribution in [-0.2, 0) is 19.5 Å². The van der Waals surface area contributed by atoms with Crippen LogP contribution < -0.4 is 0 Å². The topological polar surface area (TPSA) is 0 Å². The van der Waals surface area contributed by atoms with Crippen LogP contribution in [-0.4, -0.2) is 0 Å². The molecule has 0 bridgehead atoms. The number of hydrogen-bond acceptors (Lipinski definition) is 0. The van der Waals surface area contributed by atoms with Crippen molar-refractivity contribution in [2.45, 2.75) is 52.4 Å². The van der Waals surface area contributed by atoms with Crippen LogP contribution in [0, 0.1) is 0 Å². The summed E-state index contributed by atoms with van der Waals surface area (Å²) in [5, 5.41) is 0. The van der Waals surface area contributed by atoms with Crippen molar-refractivity contribution in [2.75, 3.05) is 0 Å². The van der Waals surface area contributed by atoms with E-state index in [-0.39, 0.29) is 19.5 Å². The first-order valence-electron chi connectivity index (χ1n) is 3.91. The molecular formula is C8H18Zn. The second kappa shape index (κ2) is 11.4. The van der Waals surface area contributed by atoms with Crippen LogP contribution in [0.5, 0.6) is 0 Å². The molecule has 0 aromatic rings. The van der Waals surface area contributed by atoms with Gasteiger partial charge >= 0.3 is 0 Å². The van der Waals surface area contributed by atoms with Crippen LogP contribution in [0.15, 0.2) is 0 Å². The molecule has 0 atom stereocenters. The zero-order valence-corrected chi connectivity index (χ0v) is 9.92. The van der Waals surface area contributed by atoms with Gasteiger partial charge in [-0.1, -0.05) is 52.4 Å². The van der Waals surface area contributed by atoms with Crippen LogP contribution in [0.4, 0.5) is 0 Å². The summed E-state index contributed by atoms with van der Waals surface area (Å²) in [6, 6.07) is 0. The van der Waals surface area contributed by atoms with Gasteiger partial charge in [0.1, 0.15) is 0 Å². The Labute approximate surface area is 72.2 Å². The minimum Gasteiger partial charge on any atom is -0.0654 e. The first-order chi connectivity index (χ1) is 3.91. The van der Waals surface area contributed by atoms with E-state index in [9.17, 15) is 0 Å². The molecule has 0 unspecified atom stereocenters. The van der Waals surface area contributed by atoms with E-state index in [2.05, 4.69) is 13.8 Å². The first-order valence-corrected chi connectivity index (χ1v) is 3.91. The fourth-order valence-corrected chi connectivity index (χ4v) is 0.854. The summed E-state index contributed by atoms with van der Waals surface area (Å²) >= 11 is 0. The van der Waals surface area contributed by atoms with Crippen molar-refractivity contribution >= 4 is 0 Å². The standard InChI is InChI=1S/C8H18.Zn/c1-3-5-7-8-6-4-2;/h3-8H2,1-2H3;. The Morgan fingerprint density at radius 2 is 1.00 bits per heavy atom. The molecule has 0 nitrogen and oxygen atoms in total. The van der Waals surface area contributed by atoms with Gasteiger partial charge in [-0.15, -0.1) is 0 Å². The second-order valence-corrected chi connectivity index (χ2v) is 2.41. The van der Waals surface area contributed by atoms with Crippen molar-refractivity contribution in [2.24, 2.45) is 0 Å². The van der Waals surface area contributed by atoms with Crippen molar-refractivity contribution in [3.05, 3.63) is 0 Å². The molecule has 0 saturated carbocycles. The van der Waals surface area contributed by atoms with Gasteiger partial charge in [-0.25, -0.2) is 0 Å². The Morgan fingerprint density at radius 3 is 1.22 bits per heavy atom. The molecule has 0 spiro atoms. The van der Waals surface area contributed by atoms with Gasteiger partial charge in [0.2, 0.25) is 0 Å². The largest absolute Gasteiger partial charge is 0.0654 e. The first kappa shape index (κ1) is 12.3. The monoisotopic (exact) mass is 178 g/mol. The molecule has 0 aromatic heterocycles. The number of rotatable bonds is 5. The van der Waals surface area contributed by atoms with Crippen LogP contribution in [0.1, 0.15) is 52.4 Å². The Bertz CT molecular complexity index is 29.5. The summed E-state index contributed by atoms with van der Waals surface area (Å²) in [6.45, 7) is 4.51. The van der Waals surface area contributed by atoms with Gasteiger partial charge in [-0.3, -0.25) is 0 Å². The molecule has 0 saturated heterocycles. The molecule has 0 heterocycles. The second-order valence-electron chi connectivity index (χ2n) is 2.41. The molecule has 0 rings (SSSR count). The Kier molecular flexibility index (Phi) is 15.6. The van der Waals surface area contributed by atoms with Crippen molar-refractivity contribution < 1.29 is 19.5 Å². The quantitative estimate of drug-likeness (QED) is 0.449. The van der Waals surface area contributed by atoms with Gasteiger partial charge in [-0.2, -0.15) is 0 Å². The molecule has 9 heavy (non-hydrogen) atoms. The molecule has 0 aliphatic rings. The fraction of sp³-hybridized carbons (Fsp3) is 1.00. The summed E-state index contributed by atoms with van der Waals surface area (Å²) in [5.41, 5.74) is 0. The Hall–Kier alpha value is 0.623. The van der Waals surface area contributed by atoms with Gasteiger partial charge in [0.15, 0.2) is 0 Å². The zero-order chi connectivity index (χ0) is 6.24. The SMILES string of the molecule is CCCCCCCC.[Zn]. The molecule has 0 aliphatic heterocycles. The van der Waals surface area contributed by atoms with Crippen LogP contribution in [0.25, 0.3) is 0 Å². The number of hydrogen-bond donors (Lipinski definition) is 0. The molecule has 0 N–H and O–H groups in total. The predicted octanol–water partition coefficient (Wildman–Crippen LogP) is 3.36. The van der Waals surface area contributed by atoms with Crippen molar-refractivity contribution in [3.63, 3.8) is 0 Å². The van der Waals surface area contributed by atoms with E-state index in [1.807, 2.05) is 0 Å². The number of unbranched alkanes of at least 4 members (excludes halogenated alkanes) is 5. The van der Waals surface area contributed by atoms with E-state index in [0.29, 0.717) is 0 Å². The average Bonchev–Trinajstić information content (AvgIpc) is 1.81. The van der Waals surface area contributed by atoms with E-state index >= 15 is 0 Å². The van der Waals surface area contributed by atoms with Crippen LogP contribution >= 0.6 is 0 Å². The molecule has 1 heteroatoms. The summed E-state index contributed by atoms with van der Waals surface area (Å²) in [7, 11) is 0. The minimum atomic E-state index is 0. The van der Waals surface area contributed by atoms with Crippen molar-refractivity contribution in [3.8, 4) is 0 Å². The van der Waals surface area contributed by atoms with E-state index in [0.717, 1.165) is 0 Å². The van der Waals surface area contributed by atoms with Crippen molar-refractivity contribution in [1.29, 1.82) is 0 Å². The molecule has 0 radical (unpaired) electrons. The van der Waals surface area contributed by atoms with E-state index < -0.39 is 0 Å². The van der Waals surface area contributed by atoms with Gasteiger partial charge in [0.25, 0.3) is 0 Å². The van der Waals surface area contributed by atoms with Gasteiger partial charge in [0.05, 0.1) is 0 Å². The normalized spacial score (nSPS) is 8.67. The minimum absolute atomic E-state index is 0. The molecule has 0 fully saturated rings. The molecule has 52 valence electrons. The molecular weight excluding hydrogens is 161 g/mol. The summed E-state index contributed by atoms with van der Waals surface area (Å²) < 4.78 is 0. The van der Waals surface area contributed by atoms with Gasteiger partial charge in [-0.05, 0) is 0 Å². The van der Waals surface area contributed by atoms with E-state index in [1.165, 1.54) is 38.5 Å². The maximum absolute atomic E-state index is 2.26. The average molecular weight is 180 g/mol. The summed E-state index contributed by atoms with van der Waals surface area (Å²) in [6.07, 6.45) is 8.49. The summed E-state index contributed by atoms with van der Waals surface area (Å²) in [5.74, 6) is 0. The Morgan fingerprint density at radius 1 is 0.667 bits per heavy atom. The van der Waals surface area contributed by atoms with E-state index in [4.69, 9.17) is 0 Å². The smallest absolute Gasteiger partial charge is 0 e. The third-order valence-corrected chi connectivity index (χ3v) is 1.46. The van der Waals surface area contributed by atoms with Gasteiger partial charge < -0.3 is 0 Å². The summed E-state index contributed by atoms with van der Waals surface area (Å²) in [4.78, 5) is 0. The van der Waals surface area contributed by atoms with E-state index in [1.54, 1.807) is 0 Å². The maximum atomic E-state index is 2.26. The van der Waals surface area contributed by atoms with Crippen molar-refractivity contribution in [1.82, 2.24) is 0 Å².